The number of rotatable bonds is 1. The van der Waals surface area contributed by atoms with Gasteiger partial charge >= 0.3 is 0 Å². The molecule has 0 atom stereocenters. The minimum absolute atomic E-state index is 0.272. The third kappa shape index (κ3) is 1.69. The lowest BCUT2D eigenvalue weighted by molar-refractivity contribution is 0.499. The number of benzene rings is 1. The van der Waals surface area contributed by atoms with Crippen LogP contribution in [0.5, 0.6) is 0 Å². The minimum Gasteiger partial charge on any atom is -0.204 e. The second kappa shape index (κ2) is 3.76. The van der Waals surface area contributed by atoms with Gasteiger partial charge in [-0.1, -0.05) is 31.6 Å². The van der Waals surface area contributed by atoms with Crippen LogP contribution in [0.3, 0.4) is 0 Å². The molecule has 0 nitrogen and oxygen atoms in total. The first kappa shape index (κ1) is 10.3. The normalized spacial score (nSPS) is 15.1. The van der Waals surface area contributed by atoms with E-state index in [-0.39, 0.29) is 5.92 Å². The van der Waals surface area contributed by atoms with E-state index in [0.29, 0.717) is 5.22 Å². The van der Waals surface area contributed by atoms with Gasteiger partial charge in [-0.25, -0.2) is 8.78 Å². The van der Waals surface area contributed by atoms with Crippen LogP contribution in [0.2, 0.25) is 0 Å². The Morgan fingerprint density at radius 1 is 1.20 bits per heavy atom. The first-order chi connectivity index (χ1) is 7.11. The van der Waals surface area contributed by atoms with Crippen LogP contribution in [-0.2, 0) is 0 Å². The van der Waals surface area contributed by atoms with Crippen molar-refractivity contribution in [2.75, 3.05) is 0 Å². The molecular weight excluding hydrogens is 194 g/mol. The highest BCUT2D eigenvalue weighted by Crippen LogP contribution is 2.18. The Morgan fingerprint density at radius 3 is 2.60 bits per heavy atom. The number of hydrogen-bond donors (Lipinski definition) is 0. The van der Waals surface area contributed by atoms with Crippen molar-refractivity contribution >= 4 is 11.6 Å². The first-order valence-electron chi connectivity index (χ1n) is 5.28. The van der Waals surface area contributed by atoms with Gasteiger partial charge in [0.15, 0.2) is 11.6 Å². The fourth-order valence-corrected chi connectivity index (χ4v) is 2.15. The van der Waals surface area contributed by atoms with Crippen molar-refractivity contribution in [3.05, 3.63) is 34.2 Å². The smallest absolute Gasteiger partial charge is 0.166 e. The molecule has 1 aromatic carbocycles. The van der Waals surface area contributed by atoms with Gasteiger partial charge in [-0.15, -0.1) is 0 Å². The van der Waals surface area contributed by atoms with Gasteiger partial charge in [0.05, 0.1) is 0 Å². The highest BCUT2D eigenvalue weighted by atomic mass is 19.2. The molecule has 1 aromatic rings. The Balaban J connectivity index is 2.89. The van der Waals surface area contributed by atoms with Gasteiger partial charge in [0.1, 0.15) is 0 Å². The van der Waals surface area contributed by atoms with Crippen molar-refractivity contribution in [2.24, 2.45) is 5.92 Å². The molecule has 80 valence electrons. The zero-order chi connectivity index (χ0) is 11.0. The van der Waals surface area contributed by atoms with E-state index >= 15 is 0 Å². The molecule has 0 bridgehead atoms. The highest BCUT2D eigenvalue weighted by molar-refractivity contribution is 5.53. The summed E-state index contributed by atoms with van der Waals surface area (Å²) < 4.78 is 26.8. The summed E-state index contributed by atoms with van der Waals surface area (Å²) in [7, 11) is 0. The van der Waals surface area contributed by atoms with E-state index in [4.69, 9.17) is 0 Å². The lowest BCUT2D eigenvalue weighted by Gasteiger charge is -2.15. The SMILES string of the molecule is CC(C)C1=c2c(F)c(F)ccc2=CCC1. The van der Waals surface area contributed by atoms with Crippen LogP contribution in [0.25, 0.3) is 11.6 Å². The van der Waals surface area contributed by atoms with Gasteiger partial charge in [0.25, 0.3) is 0 Å². The van der Waals surface area contributed by atoms with E-state index in [2.05, 4.69) is 0 Å². The maximum atomic E-state index is 13.7. The summed E-state index contributed by atoms with van der Waals surface area (Å²) in [6, 6.07) is 2.86. The molecule has 0 saturated heterocycles. The predicted octanol–water partition coefficient (Wildman–Crippen LogP) is 2.35. The molecule has 0 aliphatic heterocycles. The van der Waals surface area contributed by atoms with Crippen LogP contribution in [0.4, 0.5) is 8.78 Å². The van der Waals surface area contributed by atoms with Gasteiger partial charge < -0.3 is 0 Å². The largest absolute Gasteiger partial charge is 0.204 e. The Kier molecular flexibility index (Phi) is 2.59. The van der Waals surface area contributed by atoms with E-state index in [0.717, 1.165) is 23.6 Å². The molecule has 2 rings (SSSR count). The molecule has 0 spiro atoms. The second-order valence-corrected chi connectivity index (χ2v) is 4.25. The topological polar surface area (TPSA) is 0 Å². The third-order valence-electron chi connectivity index (χ3n) is 2.92. The van der Waals surface area contributed by atoms with Crippen LogP contribution in [0.1, 0.15) is 26.7 Å². The van der Waals surface area contributed by atoms with Crippen molar-refractivity contribution in [1.82, 2.24) is 0 Å². The van der Waals surface area contributed by atoms with E-state index in [1.165, 1.54) is 6.07 Å². The zero-order valence-corrected chi connectivity index (χ0v) is 8.98. The maximum absolute atomic E-state index is 13.7. The van der Waals surface area contributed by atoms with Crippen LogP contribution >= 0.6 is 0 Å². The molecule has 1 aliphatic carbocycles. The summed E-state index contributed by atoms with van der Waals surface area (Å²) in [5.41, 5.74) is 1.03. The Morgan fingerprint density at radius 2 is 1.93 bits per heavy atom. The standard InChI is InChI=1S/C13H14F2/c1-8(2)10-5-3-4-9-6-7-11(14)13(15)12(9)10/h4,6-8H,3,5H2,1-2H3. The summed E-state index contributed by atoms with van der Waals surface area (Å²) in [4.78, 5) is 0. The molecule has 0 fully saturated rings. The van der Waals surface area contributed by atoms with Crippen molar-refractivity contribution < 1.29 is 8.78 Å². The summed E-state index contributed by atoms with van der Waals surface area (Å²) in [6.07, 6.45) is 3.74. The molecule has 0 radical (unpaired) electrons. The molecule has 0 N–H and O–H groups in total. The molecular formula is C13H14F2. The lowest BCUT2D eigenvalue weighted by Crippen LogP contribution is -2.35. The van der Waals surface area contributed by atoms with Gasteiger partial charge in [-0.05, 0) is 30.0 Å². The second-order valence-electron chi connectivity index (χ2n) is 4.25. The number of fused-ring (bicyclic) bond motifs is 1. The van der Waals surface area contributed by atoms with Crippen LogP contribution in [0.15, 0.2) is 12.1 Å². The molecule has 0 amide bonds. The monoisotopic (exact) mass is 208 g/mol. The molecule has 2 heteroatoms. The fourth-order valence-electron chi connectivity index (χ4n) is 2.15. The highest BCUT2D eigenvalue weighted by Gasteiger charge is 2.13. The quantitative estimate of drug-likeness (QED) is 0.664. The first-order valence-corrected chi connectivity index (χ1v) is 5.28. The Bertz CT molecular complexity index is 498. The summed E-state index contributed by atoms with van der Waals surface area (Å²) in [5.74, 6) is -1.16. The molecule has 15 heavy (non-hydrogen) atoms. The number of halogens is 2. The van der Waals surface area contributed by atoms with E-state index < -0.39 is 11.6 Å². The van der Waals surface area contributed by atoms with Crippen LogP contribution in [-0.4, -0.2) is 0 Å². The van der Waals surface area contributed by atoms with Gasteiger partial charge in [-0.3, -0.25) is 0 Å². The summed E-state index contributed by atoms with van der Waals surface area (Å²) in [5, 5.41) is 1.33. The Hall–Kier alpha value is -1.18. The minimum atomic E-state index is -0.748. The van der Waals surface area contributed by atoms with Gasteiger partial charge in [0, 0.05) is 5.22 Å². The Labute approximate surface area is 87.9 Å². The fraction of sp³-hybridized carbons (Fsp3) is 0.385. The van der Waals surface area contributed by atoms with Crippen molar-refractivity contribution in [2.45, 2.75) is 26.7 Å². The average molecular weight is 208 g/mol. The summed E-state index contributed by atoms with van der Waals surface area (Å²) in [6.45, 7) is 4.05. The molecule has 0 saturated carbocycles. The predicted molar refractivity (Wildman–Crippen MR) is 57.6 cm³/mol. The van der Waals surface area contributed by atoms with Crippen molar-refractivity contribution in [3.63, 3.8) is 0 Å². The molecule has 0 aromatic heterocycles. The molecule has 0 unspecified atom stereocenters. The molecule has 0 heterocycles. The van der Waals surface area contributed by atoms with E-state index in [1.807, 2.05) is 19.9 Å². The van der Waals surface area contributed by atoms with Crippen LogP contribution < -0.4 is 10.4 Å². The van der Waals surface area contributed by atoms with Gasteiger partial charge in [0.2, 0.25) is 0 Å². The zero-order valence-electron chi connectivity index (χ0n) is 8.98. The van der Waals surface area contributed by atoms with Crippen molar-refractivity contribution in [3.8, 4) is 0 Å². The van der Waals surface area contributed by atoms with Crippen molar-refractivity contribution in [1.29, 1.82) is 0 Å². The summed E-state index contributed by atoms with van der Waals surface area (Å²) >= 11 is 0. The lowest BCUT2D eigenvalue weighted by atomic mass is 9.91. The van der Waals surface area contributed by atoms with E-state index in [9.17, 15) is 8.78 Å². The average Bonchev–Trinajstić information content (AvgIpc) is 2.23. The molecule has 1 aliphatic rings. The van der Waals surface area contributed by atoms with E-state index in [1.54, 1.807) is 6.07 Å². The third-order valence-corrected chi connectivity index (χ3v) is 2.92. The van der Waals surface area contributed by atoms with Crippen LogP contribution in [0, 0.1) is 17.6 Å². The maximum Gasteiger partial charge on any atom is 0.166 e. The van der Waals surface area contributed by atoms with Gasteiger partial charge in [-0.2, -0.15) is 0 Å². The number of hydrogen-bond acceptors (Lipinski definition) is 0.